The van der Waals surface area contributed by atoms with Crippen molar-refractivity contribution in [3.05, 3.63) is 28.8 Å². The van der Waals surface area contributed by atoms with Crippen molar-refractivity contribution in [3.8, 4) is 5.75 Å². The van der Waals surface area contributed by atoms with Gasteiger partial charge in [-0.1, -0.05) is 43.4 Å². The molecule has 2 N–H and O–H groups in total. The minimum atomic E-state index is -0.00257. The van der Waals surface area contributed by atoms with Gasteiger partial charge < -0.3 is 15.3 Å². The molecule has 0 heterocycles. The van der Waals surface area contributed by atoms with Gasteiger partial charge in [0.2, 0.25) is 5.91 Å². The van der Waals surface area contributed by atoms with Crippen LogP contribution in [0.2, 0.25) is 5.02 Å². The fraction of sp³-hybridized carbons (Fsp3) is 0.611. The van der Waals surface area contributed by atoms with Crippen LogP contribution in [0, 0.1) is 0 Å². The van der Waals surface area contributed by atoms with E-state index < -0.39 is 0 Å². The van der Waals surface area contributed by atoms with Crippen LogP contribution in [0.4, 0.5) is 0 Å². The van der Waals surface area contributed by atoms with Crippen LogP contribution in [-0.4, -0.2) is 42.1 Å². The SMILES string of the molecule is CN(C)C1(CNC(=O)Cc2ccc(O)c(Cl)c2)CCCCCC1. The van der Waals surface area contributed by atoms with Gasteiger partial charge in [0.05, 0.1) is 11.4 Å². The lowest BCUT2D eigenvalue weighted by Crippen LogP contribution is -2.52. The van der Waals surface area contributed by atoms with E-state index in [-0.39, 0.29) is 28.6 Å². The highest BCUT2D eigenvalue weighted by Crippen LogP contribution is 2.30. The van der Waals surface area contributed by atoms with Crippen molar-refractivity contribution in [2.24, 2.45) is 0 Å². The zero-order valence-electron chi connectivity index (χ0n) is 14.1. The fourth-order valence-electron chi connectivity index (χ4n) is 3.34. The Morgan fingerprint density at radius 1 is 1.26 bits per heavy atom. The third kappa shape index (κ3) is 4.85. The molecule has 2 rings (SSSR count). The Morgan fingerprint density at radius 3 is 2.48 bits per heavy atom. The molecular formula is C18H27ClN2O2. The maximum absolute atomic E-state index is 12.3. The van der Waals surface area contributed by atoms with Crippen molar-refractivity contribution in [2.45, 2.75) is 50.5 Å². The number of amides is 1. The predicted octanol–water partition coefficient (Wildman–Crippen LogP) is 3.36. The number of likely N-dealkylation sites (N-methyl/N-ethyl adjacent to an activating group) is 1. The maximum atomic E-state index is 12.3. The van der Waals surface area contributed by atoms with Crippen LogP contribution in [0.3, 0.4) is 0 Å². The van der Waals surface area contributed by atoms with E-state index in [1.54, 1.807) is 12.1 Å². The number of benzene rings is 1. The Bertz CT molecular complexity index is 538. The number of carbonyl (C=O) groups excluding carboxylic acids is 1. The Kier molecular flexibility index (Phi) is 6.31. The van der Waals surface area contributed by atoms with Crippen LogP contribution in [0.1, 0.15) is 44.1 Å². The fourth-order valence-corrected chi connectivity index (χ4v) is 3.54. The van der Waals surface area contributed by atoms with Crippen molar-refractivity contribution < 1.29 is 9.90 Å². The number of phenols is 1. The van der Waals surface area contributed by atoms with Gasteiger partial charge in [-0.3, -0.25) is 4.79 Å². The van der Waals surface area contributed by atoms with Gasteiger partial charge in [0.1, 0.15) is 5.75 Å². The first-order valence-corrected chi connectivity index (χ1v) is 8.72. The summed E-state index contributed by atoms with van der Waals surface area (Å²) in [5.41, 5.74) is 0.878. The molecule has 1 fully saturated rings. The Labute approximate surface area is 143 Å². The minimum Gasteiger partial charge on any atom is -0.506 e. The molecule has 0 aliphatic heterocycles. The topological polar surface area (TPSA) is 52.6 Å². The molecule has 0 aromatic heterocycles. The monoisotopic (exact) mass is 338 g/mol. The lowest BCUT2D eigenvalue weighted by atomic mass is 9.88. The van der Waals surface area contributed by atoms with Crippen LogP contribution in [0.25, 0.3) is 0 Å². The molecule has 1 aliphatic rings. The largest absolute Gasteiger partial charge is 0.506 e. The summed E-state index contributed by atoms with van der Waals surface area (Å²) in [6, 6.07) is 4.90. The van der Waals surface area contributed by atoms with Gasteiger partial charge in [-0.15, -0.1) is 0 Å². The molecule has 0 unspecified atom stereocenters. The van der Waals surface area contributed by atoms with E-state index in [0.29, 0.717) is 6.54 Å². The molecule has 1 saturated carbocycles. The quantitative estimate of drug-likeness (QED) is 0.809. The van der Waals surface area contributed by atoms with E-state index in [0.717, 1.165) is 18.4 Å². The molecule has 4 nitrogen and oxygen atoms in total. The third-order valence-corrected chi connectivity index (χ3v) is 5.28. The third-order valence-electron chi connectivity index (χ3n) is 4.97. The van der Waals surface area contributed by atoms with E-state index in [4.69, 9.17) is 11.6 Å². The number of aromatic hydroxyl groups is 1. The van der Waals surface area contributed by atoms with E-state index in [1.165, 1.54) is 31.7 Å². The highest BCUT2D eigenvalue weighted by molar-refractivity contribution is 6.32. The molecule has 0 bridgehead atoms. The molecule has 0 radical (unpaired) electrons. The van der Waals surface area contributed by atoms with Crippen LogP contribution in [-0.2, 0) is 11.2 Å². The van der Waals surface area contributed by atoms with Gasteiger partial charge in [-0.2, -0.15) is 0 Å². The first-order chi connectivity index (χ1) is 10.9. The van der Waals surface area contributed by atoms with Gasteiger partial charge >= 0.3 is 0 Å². The average molecular weight is 339 g/mol. The smallest absolute Gasteiger partial charge is 0.224 e. The summed E-state index contributed by atoms with van der Waals surface area (Å²) in [5.74, 6) is 0.0399. The van der Waals surface area contributed by atoms with E-state index in [1.807, 2.05) is 0 Å². The standard InChI is InChI=1S/C18H27ClN2O2/c1-21(2)18(9-5-3-4-6-10-18)13-20-17(23)12-14-7-8-16(22)15(19)11-14/h7-8,11,22H,3-6,9-10,12-13H2,1-2H3,(H,20,23). The summed E-state index contributed by atoms with van der Waals surface area (Å²) >= 11 is 5.89. The summed E-state index contributed by atoms with van der Waals surface area (Å²) in [5, 5.41) is 12.8. The van der Waals surface area contributed by atoms with Crippen molar-refractivity contribution in [1.82, 2.24) is 10.2 Å². The lowest BCUT2D eigenvalue weighted by Gasteiger charge is -2.39. The molecule has 1 amide bonds. The number of halogens is 1. The van der Waals surface area contributed by atoms with Gasteiger partial charge in [-0.05, 0) is 44.6 Å². The minimum absolute atomic E-state index is 0.00257. The molecule has 23 heavy (non-hydrogen) atoms. The molecule has 1 aromatic rings. The first-order valence-electron chi connectivity index (χ1n) is 8.34. The van der Waals surface area contributed by atoms with Crippen molar-refractivity contribution in [2.75, 3.05) is 20.6 Å². The van der Waals surface area contributed by atoms with Gasteiger partial charge in [0.15, 0.2) is 0 Å². The molecule has 5 heteroatoms. The lowest BCUT2D eigenvalue weighted by molar-refractivity contribution is -0.121. The zero-order chi connectivity index (χ0) is 16.9. The Balaban J connectivity index is 1.94. The number of nitrogens with zero attached hydrogens (tertiary/aromatic N) is 1. The number of nitrogens with one attached hydrogen (secondary N) is 1. The summed E-state index contributed by atoms with van der Waals surface area (Å²) in [6.45, 7) is 0.685. The molecule has 1 aromatic carbocycles. The summed E-state index contributed by atoms with van der Waals surface area (Å²) < 4.78 is 0. The first kappa shape index (κ1) is 18.1. The summed E-state index contributed by atoms with van der Waals surface area (Å²) in [4.78, 5) is 14.5. The van der Waals surface area contributed by atoms with Crippen LogP contribution in [0.5, 0.6) is 5.75 Å². The molecular weight excluding hydrogens is 312 g/mol. The zero-order valence-corrected chi connectivity index (χ0v) is 14.8. The molecule has 0 saturated heterocycles. The average Bonchev–Trinajstić information content (AvgIpc) is 2.75. The second kappa shape index (κ2) is 8.02. The number of hydrogen-bond acceptors (Lipinski definition) is 3. The Morgan fingerprint density at radius 2 is 1.91 bits per heavy atom. The number of phenolic OH excluding ortho intramolecular Hbond substituents is 1. The summed E-state index contributed by atoms with van der Waals surface area (Å²) in [7, 11) is 4.22. The van der Waals surface area contributed by atoms with Crippen LogP contribution >= 0.6 is 11.6 Å². The molecule has 128 valence electrons. The highest BCUT2D eigenvalue weighted by Gasteiger charge is 2.33. The Hall–Kier alpha value is -1.26. The molecule has 0 atom stereocenters. The van der Waals surface area contributed by atoms with E-state index in [2.05, 4.69) is 24.3 Å². The normalized spacial score (nSPS) is 17.7. The number of hydrogen-bond donors (Lipinski definition) is 2. The van der Waals surface area contributed by atoms with Crippen molar-refractivity contribution in [1.29, 1.82) is 0 Å². The summed E-state index contributed by atoms with van der Waals surface area (Å²) in [6.07, 6.45) is 7.56. The van der Waals surface area contributed by atoms with Crippen LogP contribution < -0.4 is 5.32 Å². The number of rotatable bonds is 5. The van der Waals surface area contributed by atoms with Crippen molar-refractivity contribution >= 4 is 17.5 Å². The molecule has 1 aliphatic carbocycles. The predicted molar refractivity (Wildman–Crippen MR) is 94.0 cm³/mol. The van der Waals surface area contributed by atoms with Crippen LogP contribution in [0.15, 0.2) is 18.2 Å². The van der Waals surface area contributed by atoms with Gasteiger partial charge in [-0.25, -0.2) is 0 Å². The maximum Gasteiger partial charge on any atom is 0.224 e. The highest BCUT2D eigenvalue weighted by atomic mass is 35.5. The second-order valence-corrected chi connectivity index (χ2v) is 7.18. The van der Waals surface area contributed by atoms with E-state index in [9.17, 15) is 9.90 Å². The van der Waals surface area contributed by atoms with Crippen molar-refractivity contribution in [3.63, 3.8) is 0 Å². The van der Waals surface area contributed by atoms with Gasteiger partial charge in [0, 0.05) is 12.1 Å². The number of carbonyl (C=O) groups is 1. The molecule has 0 spiro atoms. The van der Waals surface area contributed by atoms with E-state index >= 15 is 0 Å². The second-order valence-electron chi connectivity index (χ2n) is 6.77. The van der Waals surface area contributed by atoms with Gasteiger partial charge in [0.25, 0.3) is 0 Å².